The SMILES string of the molecule is CC(C)C(=O)NC[C@H]1CO[C@@H]2CNC[C@H]12. The van der Waals surface area contributed by atoms with E-state index in [2.05, 4.69) is 10.6 Å². The summed E-state index contributed by atoms with van der Waals surface area (Å²) >= 11 is 0. The van der Waals surface area contributed by atoms with Crippen molar-refractivity contribution >= 4 is 5.91 Å². The van der Waals surface area contributed by atoms with Crippen molar-refractivity contribution in [2.24, 2.45) is 17.8 Å². The van der Waals surface area contributed by atoms with E-state index in [9.17, 15) is 4.79 Å². The Morgan fingerprint density at radius 1 is 1.53 bits per heavy atom. The van der Waals surface area contributed by atoms with Crippen LogP contribution in [-0.4, -0.2) is 38.3 Å². The molecule has 0 unspecified atom stereocenters. The smallest absolute Gasteiger partial charge is 0.222 e. The summed E-state index contributed by atoms with van der Waals surface area (Å²) in [6.45, 7) is 7.41. The van der Waals surface area contributed by atoms with E-state index in [0.717, 1.165) is 26.2 Å². The van der Waals surface area contributed by atoms with Crippen LogP contribution in [0, 0.1) is 17.8 Å². The zero-order valence-electron chi connectivity index (χ0n) is 9.45. The van der Waals surface area contributed by atoms with Crippen LogP contribution < -0.4 is 10.6 Å². The topological polar surface area (TPSA) is 50.4 Å². The highest BCUT2D eigenvalue weighted by Gasteiger charge is 2.40. The van der Waals surface area contributed by atoms with Crippen molar-refractivity contribution in [1.82, 2.24) is 10.6 Å². The minimum atomic E-state index is 0.0739. The Morgan fingerprint density at radius 3 is 3.07 bits per heavy atom. The van der Waals surface area contributed by atoms with Crippen LogP contribution in [0.25, 0.3) is 0 Å². The lowest BCUT2D eigenvalue weighted by Crippen LogP contribution is -2.35. The minimum Gasteiger partial charge on any atom is -0.376 e. The number of hydrogen-bond acceptors (Lipinski definition) is 3. The standard InChI is InChI=1S/C11H20N2O2/c1-7(2)11(14)13-3-8-6-15-10-5-12-4-9(8)10/h7-10,12H,3-6H2,1-2H3,(H,13,14)/t8-,9+,10+/m0/s1. The van der Waals surface area contributed by atoms with Crippen molar-refractivity contribution in [2.45, 2.75) is 20.0 Å². The summed E-state index contributed by atoms with van der Waals surface area (Å²) in [5.74, 6) is 1.30. The number of rotatable bonds is 3. The van der Waals surface area contributed by atoms with Gasteiger partial charge in [0.25, 0.3) is 0 Å². The Morgan fingerprint density at radius 2 is 2.33 bits per heavy atom. The third-order valence-electron chi connectivity index (χ3n) is 3.40. The second-order valence-corrected chi connectivity index (χ2v) is 4.85. The number of ether oxygens (including phenoxy) is 1. The molecule has 2 aliphatic rings. The Hall–Kier alpha value is -0.610. The van der Waals surface area contributed by atoms with Gasteiger partial charge in [-0.15, -0.1) is 0 Å². The maximum atomic E-state index is 11.4. The van der Waals surface area contributed by atoms with Gasteiger partial charge < -0.3 is 15.4 Å². The molecule has 2 aliphatic heterocycles. The van der Waals surface area contributed by atoms with E-state index >= 15 is 0 Å². The fraction of sp³-hybridized carbons (Fsp3) is 0.909. The highest BCUT2D eigenvalue weighted by atomic mass is 16.5. The molecule has 4 nitrogen and oxygen atoms in total. The summed E-state index contributed by atoms with van der Waals surface area (Å²) in [6.07, 6.45) is 0.381. The number of amides is 1. The summed E-state index contributed by atoms with van der Waals surface area (Å²) in [5.41, 5.74) is 0. The van der Waals surface area contributed by atoms with Gasteiger partial charge in [0.1, 0.15) is 0 Å². The van der Waals surface area contributed by atoms with Crippen molar-refractivity contribution < 1.29 is 9.53 Å². The number of carbonyl (C=O) groups excluding carboxylic acids is 1. The van der Waals surface area contributed by atoms with E-state index in [1.165, 1.54) is 0 Å². The van der Waals surface area contributed by atoms with Gasteiger partial charge in [-0.25, -0.2) is 0 Å². The molecule has 0 aliphatic carbocycles. The van der Waals surface area contributed by atoms with Crippen LogP contribution in [0.1, 0.15) is 13.8 Å². The number of nitrogens with one attached hydrogen (secondary N) is 2. The van der Waals surface area contributed by atoms with Crippen LogP contribution in [0.2, 0.25) is 0 Å². The number of carbonyl (C=O) groups is 1. The van der Waals surface area contributed by atoms with Gasteiger partial charge in [-0.05, 0) is 0 Å². The van der Waals surface area contributed by atoms with Gasteiger partial charge in [-0.2, -0.15) is 0 Å². The Labute approximate surface area is 90.8 Å². The lowest BCUT2D eigenvalue weighted by molar-refractivity contribution is -0.124. The van der Waals surface area contributed by atoms with Gasteiger partial charge in [0.2, 0.25) is 5.91 Å². The number of fused-ring (bicyclic) bond motifs is 1. The second-order valence-electron chi connectivity index (χ2n) is 4.85. The maximum absolute atomic E-state index is 11.4. The van der Waals surface area contributed by atoms with Crippen LogP contribution in [-0.2, 0) is 9.53 Å². The normalized spacial score (nSPS) is 34.5. The molecule has 4 heteroatoms. The lowest BCUT2D eigenvalue weighted by atomic mass is 9.93. The molecule has 1 amide bonds. The van der Waals surface area contributed by atoms with E-state index in [1.807, 2.05) is 13.8 Å². The van der Waals surface area contributed by atoms with Crippen LogP contribution in [0.3, 0.4) is 0 Å². The highest BCUT2D eigenvalue weighted by Crippen LogP contribution is 2.29. The predicted octanol–water partition coefficient (Wildman–Crippen LogP) is -0.00700. The molecule has 2 heterocycles. The van der Waals surface area contributed by atoms with E-state index in [4.69, 9.17) is 4.74 Å². The van der Waals surface area contributed by atoms with Crippen LogP contribution in [0.15, 0.2) is 0 Å². The van der Waals surface area contributed by atoms with Crippen LogP contribution in [0.5, 0.6) is 0 Å². The van der Waals surface area contributed by atoms with Gasteiger partial charge in [0.05, 0.1) is 12.7 Å². The largest absolute Gasteiger partial charge is 0.376 e. The summed E-state index contributed by atoms with van der Waals surface area (Å²) in [5, 5.41) is 6.32. The molecule has 0 bridgehead atoms. The summed E-state index contributed by atoms with van der Waals surface area (Å²) in [4.78, 5) is 11.4. The minimum absolute atomic E-state index is 0.0739. The third-order valence-corrected chi connectivity index (χ3v) is 3.40. The third kappa shape index (κ3) is 2.32. The molecule has 15 heavy (non-hydrogen) atoms. The van der Waals surface area contributed by atoms with E-state index in [0.29, 0.717) is 17.9 Å². The average molecular weight is 212 g/mol. The first-order chi connectivity index (χ1) is 7.18. The summed E-state index contributed by atoms with van der Waals surface area (Å²) < 4.78 is 5.67. The number of hydrogen-bond donors (Lipinski definition) is 2. The molecule has 0 aromatic carbocycles. The first-order valence-electron chi connectivity index (χ1n) is 5.78. The molecule has 0 aromatic heterocycles. The van der Waals surface area contributed by atoms with Crippen molar-refractivity contribution in [3.05, 3.63) is 0 Å². The summed E-state index contributed by atoms with van der Waals surface area (Å²) in [7, 11) is 0. The maximum Gasteiger partial charge on any atom is 0.222 e. The molecule has 2 fully saturated rings. The van der Waals surface area contributed by atoms with Crippen LogP contribution in [0.4, 0.5) is 0 Å². The van der Waals surface area contributed by atoms with Crippen LogP contribution >= 0.6 is 0 Å². The lowest BCUT2D eigenvalue weighted by Gasteiger charge is -2.16. The second kappa shape index (κ2) is 4.49. The molecule has 0 aromatic rings. The van der Waals surface area contributed by atoms with Gasteiger partial charge in [-0.1, -0.05) is 13.8 Å². The molecule has 2 N–H and O–H groups in total. The molecule has 0 spiro atoms. The predicted molar refractivity (Wildman–Crippen MR) is 57.4 cm³/mol. The molecular weight excluding hydrogens is 192 g/mol. The first-order valence-corrected chi connectivity index (χ1v) is 5.78. The average Bonchev–Trinajstić information content (AvgIpc) is 2.76. The zero-order valence-corrected chi connectivity index (χ0v) is 9.45. The monoisotopic (exact) mass is 212 g/mol. The fourth-order valence-corrected chi connectivity index (χ4v) is 2.34. The van der Waals surface area contributed by atoms with Gasteiger partial charge in [0, 0.05) is 37.4 Å². The molecular formula is C11H20N2O2. The zero-order chi connectivity index (χ0) is 10.8. The van der Waals surface area contributed by atoms with Gasteiger partial charge in [-0.3, -0.25) is 4.79 Å². The first kappa shape index (κ1) is 10.9. The molecule has 0 radical (unpaired) electrons. The van der Waals surface area contributed by atoms with Crippen molar-refractivity contribution in [2.75, 3.05) is 26.2 Å². The fourth-order valence-electron chi connectivity index (χ4n) is 2.34. The molecule has 2 rings (SSSR count). The molecule has 0 saturated carbocycles. The highest BCUT2D eigenvalue weighted by molar-refractivity contribution is 5.77. The molecule has 86 valence electrons. The Kier molecular flexibility index (Phi) is 3.26. The quantitative estimate of drug-likeness (QED) is 0.692. The van der Waals surface area contributed by atoms with Crippen molar-refractivity contribution in [3.8, 4) is 0 Å². The van der Waals surface area contributed by atoms with Crippen molar-refractivity contribution in [3.63, 3.8) is 0 Å². The van der Waals surface area contributed by atoms with E-state index in [1.54, 1.807) is 0 Å². The summed E-state index contributed by atoms with van der Waals surface area (Å²) in [6, 6.07) is 0. The van der Waals surface area contributed by atoms with E-state index in [-0.39, 0.29) is 11.8 Å². The Bertz CT molecular complexity index is 243. The van der Waals surface area contributed by atoms with E-state index < -0.39 is 0 Å². The molecule has 2 saturated heterocycles. The molecule has 3 atom stereocenters. The van der Waals surface area contributed by atoms with Gasteiger partial charge in [0.15, 0.2) is 0 Å². The van der Waals surface area contributed by atoms with Gasteiger partial charge >= 0.3 is 0 Å². The van der Waals surface area contributed by atoms with Crippen molar-refractivity contribution in [1.29, 1.82) is 0 Å². The Balaban J connectivity index is 1.78.